The second-order valence-electron chi connectivity index (χ2n) is 11.2. The Kier molecular flexibility index (Phi) is 8.20. The summed E-state index contributed by atoms with van der Waals surface area (Å²) in [6.07, 6.45) is 1.15. The van der Waals surface area contributed by atoms with E-state index in [1.54, 1.807) is 24.1 Å². The molecule has 4 bridgehead atoms. The maximum Gasteiger partial charge on any atom is 0.254 e. The van der Waals surface area contributed by atoms with E-state index in [2.05, 4.69) is 5.32 Å². The molecule has 6 rings (SSSR count). The topological polar surface area (TPSA) is 107 Å². The normalized spacial score (nSPS) is 20.2. The SMILES string of the molecule is Cc1ccc2cc1Oc1cccc(c1)CO[C@@H]1CCN(C(=O)CCc3ccc4c(c3)OCO4)C[C@@H]1NC(=O)CN(C)C2=O. The summed E-state index contributed by atoms with van der Waals surface area (Å²) in [5.74, 6) is 2.01. The molecule has 10 nitrogen and oxygen atoms in total. The zero-order valence-corrected chi connectivity index (χ0v) is 24.3. The van der Waals surface area contributed by atoms with Gasteiger partial charge in [-0.25, -0.2) is 0 Å². The number of carbonyl (C=O) groups is 3. The van der Waals surface area contributed by atoms with E-state index >= 15 is 0 Å². The highest BCUT2D eigenvalue weighted by molar-refractivity contribution is 5.96. The molecule has 224 valence electrons. The van der Waals surface area contributed by atoms with Crippen molar-refractivity contribution in [1.29, 1.82) is 0 Å². The first-order chi connectivity index (χ1) is 20.8. The standard InChI is InChI=1S/C33H35N3O7/c1-21-6-9-24-16-29(21)43-25-5-3-4-23(14-25)19-40-27-12-13-36(17-26(27)34-31(37)18-35(2)33(24)39)32(38)11-8-22-7-10-28-30(15-22)42-20-41-28/h3-7,9-10,14-16,26-27H,8,11-13,17-20H2,1-2H3,(H,34,37)/t26-,27+/m0/s1. The summed E-state index contributed by atoms with van der Waals surface area (Å²) in [6, 6.07) is 18.2. The van der Waals surface area contributed by atoms with Gasteiger partial charge in [0.1, 0.15) is 11.5 Å². The monoisotopic (exact) mass is 585 g/mol. The highest BCUT2D eigenvalue weighted by Crippen LogP contribution is 2.33. The summed E-state index contributed by atoms with van der Waals surface area (Å²) >= 11 is 0. The maximum absolute atomic E-state index is 13.3. The summed E-state index contributed by atoms with van der Waals surface area (Å²) in [5, 5.41) is 3.05. The number of hydrogen-bond donors (Lipinski definition) is 1. The van der Waals surface area contributed by atoms with Crippen LogP contribution in [0.3, 0.4) is 0 Å². The van der Waals surface area contributed by atoms with Crippen molar-refractivity contribution in [2.45, 2.75) is 44.9 Å². The van der Waals surface area contributed by atoms with Gasteiger partial charge in [0.2, 0.25) is 18.6 Å². The van der Waals surface area contributed by atoms with Crippen LogP contribution in [0.2, 0.25) is 0 Å². The lowest BCUT2D eigenvalue weighted by atomic mass is 10.00. The average Bonchev–Trinajstić information content (AvgIpc) is 3.48. The van der Waals surface area contributed by atoms with Gasteiger partial charge in [0.15, 0.2) is 11.5 Å². The molecule has 3 aromatic carbocycles. The highest BCUT2D eigenvalue weighted by Gasteiger charge is 2.34. The summed E-state index contributed by atoms with van der Waals surface area (Å²) < 4.78 is 23.3. The number of likely N-dealkylation sites (tertiary alicyclic amines) is 1. The number of nitrogens with zero attached hydrogens (tertiary/aromatic N) is 2. The van der Waals surface area contributed by atoms with Crippen molar-refractivity contribution in [2.24, 2.45) is 0 Å². The van der Waals surface area contributed by atoms with E-state index in [4.69, 9.17) is 18.9 Å². The molecule has 3 aromatic rings. The van der Waals surface area contributed by atoms with Gasteiger partial charge in [-0.1, -0.05) is 24.3 Å². The van der Waals surface area contributed by atoms with Crippen LogP contribution < -0.4 is 19.5 Å². The first-order valence-corrected chi connectivity index (χ1v) is 14.5. The molecule has 1 fully saturated rings. The molecule has 43 heavy (non-hydrogen) atoms. The van der Waals surface area contributed by atoms with Crippen LogP contribution in [-0.2, 0) is 27.4 Å². The number of likely N-dealkylation sites (N-methyl/N-ethyl adjacent to an activating group) is 1. The number of hydrogen-bond acceptors (Lipinski definition) is 7. The number of carbonyl (C=O) groups excluding carboxylic acids is 3. The number of benzene rings is 3. The van der Waals surface area contributed by atoms with Gasteiger partial charge in [-0.2, -0.15) is 0 Å². The van der Waals surface area contributed by atoms with E-state index < -0.39 is 6.04 Å². The molecule has 3 amide bonds. The smallest absolute Gasteiger partial charge is 0.254 e. The number of piperidine rings is 1. The average molecular weight is 586 g/mol. The van der Waals surface area contributed by atoms with Crippen molar-refractivity contribution in [3.8, 4) is 23.0 Å². The third-order valence-electron chi connectivity index (χ3n) is 8.07. The van der Waals surface area contributed by atoms with E-state index in [0.29, 0.717) is 67.5 Å². The Hall–Kier alpha value is -4.57. The van der Waals surface area contributed by atoms with Crippen LogP contribution in [0, 0.1) is 6.92 Å². The molecule has 10 heteroatoms. The lowest BCUT2D eigenvalue weighted by Gasteiger charge is -2.39. The van der Waals surface area contributed by atoms with E-state index in [0.717, 1.165) is 16.7 Å². The van der Waals surface area contributed by atoms with Gasteiger partial charge < -0.3 is 34.1 Å². The number of fused-ring (bicyclic) bond motifs is 6. The van der Waals surface area contributed by atoms with Crippen LogP contribution >= 0.6 is 0 Å². The molecule has 0 radical (unpaired) electrons. The van der Waals surface area contributed by atoms with E-state index in [9.17, 15) is 14.4 Å². The Balaban J connectivity index is 1.17. The van der Waals surface area contributed by atoms with Crippen LogP contribution in [0.1, 0.15) is 39.9 Å². The van der Waals surface area contributed by atoms with Gasteiger partial charge in [0, 0.05) is 32.1 Å². The highest BCUT2D eigenvalue weighted by atomic mass is 16.7. The Bertz CT molecular complexity index is 1540. The van der Waals surface area contributed by atoms with Crippen LogP contribution in [0.4, 0.5) is 0 Å². The van der Waals surface area contributed by atoms with Crippen LogP contribution in [0.25, 0.3) is 0 Å². The van der Waals surface area contributed by atoms with Crippen molar-refractivity contribution < 1.29 is 33.3 Å². The second kappa shape index (κ2) is 12.3. The molecule has 3 aliphatic heterocycles. The molecule has 0 spiro atoms. The maximum atomic E-state index is 13.3. The quantitative estimate of drug-likeness (QED) is 0.498. The van der Waals surface area contributed by atoms with Gasteiger partial charge in [-0.15, -0.1) is 0 Å². The fraction of sp³-hybridized carbons (Fsp3) is 0.364. The molecule has 3 aliphatic rings. The Morgan fingerprint density at radius 2 is 1.86 bits per heavy atom. The van der Waals surface area contributed by atoms with Crippen LogP contribution in [0.15, 0.2) is 60.7 Å². The van der Waals surface area contributed by atoms with Crippen molar-refractivity contribution in [1.82, 2.24) is 15.1 Å². The van der Waals surface area contributed by atoms with E-state index in [1.165, 1.54) is 4.90 Å². The van der Waals surface area contributed by atoms with E-state index in [-0.39, 0.29) is 37.2 Å². The molecular weight excluding hydrogens is 550 g/mol. The molecule has 3 heterocycles. The van der Waals surface area contributed by atoms with Crippen molar-refractivity contribution in [3.63, 3.8) is 0 Å². The number of rotatable bonds is 3. The van der Waals surface area contributed by atoms with Crippen LogP contribution in [0.5, 0.6) is 23.0 Å². The summed E-state index contributed by atoms with van der Waals surface area (Å²) in [4.78, 5) is 42.8. The van der Waals surface area contributed by atoms with Crippen molar-refractivity contribution in [2.75, 3.05) is 33.5 Å². The fourth-order valence-electron chi connectivity index (χ4n) is 5.63. The zero-order chi connectivity index (χ0) is 29.9. The summed E-state index contributed by atoms with van der Waals surface area (Å²) in [5.41, 5.74) is 3.23. The fourth-order valence-corrected chi connectivity index (χ4v) is 5.63. The van der Waals surface area contributed by atoms with Gasteiger partial charge in [0.05, 0.1) is 25.3 Å². The van der Waals surface area contributed by atoms with Gasteiger partial charge in [-0.05, 0) is 72.9 Å². The predicted octanol–water partition coefficient (Wildman–Crippen LogP) is 3.84. The summed E-state index contributed by atoms with van der Waals surface area (Å²) in [6.45, 7) is 3.15. The van der Waals surface area contributed by atoms with Crippen molar-refractivity contribution >= 4 is 17.7 Å². The first-order valence-electron chi connectivity index (χ1n) is 14.5. The van der Waals surface area contributed by atoms with Gasteiger partial charge >= 0.3 is 0 Å². The number of ether oxygens (including phenoxy) is 4. The molecular formula is C33H35N3O7. The molecule has 0 saturated carbocycles. The molecule has 0 aliphatic carbocycles. The number of nitrogens with one attached hydrogen (secondary N) is 1. The Labute approximate surface area is 250 Å². The first kappa shape index (κ1) is 28.5. The third kappa shape index (κ3) is 6.59. The second-order valence-corrected chi connectivity index (χ2v) is 11.2. The number of amides is 3. The van der Waals surface area contributed by atoms with Gasteiger partial charge in [0.25, 0.3) is 5.91 Å². The lowest BCUT2D eigenvalue weighted by Crippen LogP contribution is -2.58. The van der Waals surface area contributed by atoms with Crippen LogP contribution in [-0.4, -0.2) is 73.1 Å². The molecule has 1 saturated heterocycles. The minimum Gasteiger partial charge on any atom is -0.457 e. The molecule has 1 N–H and O–H groups in total. The predicted molar refractivity (Wildman–Crippen MR) is 157 cm³/mol. The number of aryl methyl sites for hydroxylation is 2. The Morgan fingerprint density at radius 1 is 1.00 bits per heavy atom. The third-order valence-corrected chi connectivity index (χ3v) is 8.07. The van der Waals surface area contributed by atoms with E-state index in [1.807, 2.05) is 55.5 Å². The van der Waals surface area contributed by atoms with Gasteiger partial charge in [-0.3, -0.25) is 14.4 Å². The largest absolute Gasteiger partial charge is 0.457 e. The minimum absolute atomic E-state index is 0.00447. The minimum atomic E-state index is -0.433. The summed E-state index contributed by atoms with van der Waals surface area (Å²) in [7, 11) is 1.59. The molecule has 0 aromatic heterocycles. The lowest BCUT2D eigenvalue weighted by molar-refractivity contribution is -0.137. The molecule has 2 atom stereocenters. The van der Waals surface area contributed by atoms with Crippen molar-refractivity contribution in [3.05, 3.63) is 82.9 Å². The molecule has 0 unspecified atom stereocenters. The zero-order valence-electron chi connectivity index (χ0n) is 24.3. The Morgan fingerprint density at radius 3 is 2.74 bits per heavy atom.